The van der Waals surface area contributed by atoms with Crippen LogP contribution in [0.3, 0.4) is 0 Å². The van der Waals surface area contributed by atoms with Gasteiger partial charge in [-0.05, 0) is 49.2 Å². The maximum atomic E-state index is 12.4. The van der Waals surface area contributed by atoms with Crippen LogP contribution in [0.25, 0.3) is 11.0 Å². The SMILES string of the molecule is O=C(Nc1ccc2nc([C@H]3CCCO3)[nH]c2c1)c1ccc(Cl)c(Cl)c1. The number of imidazole rings is 1. The fourth-order valence-electron chi connectivity index (χ4n) is 2.89. The molecule has 0 bridgehead atoms. The molecule has 5 nitrogen and oxygen atoms in total. The van der Waals surface area contributed by atoms with Crippen molar-refractivity contribution in [3.63, 3.8) is 0 Å². The molecule has 0 aliphatic carbocycles. The second-order valence-electron chi connectivity index (χ2n) is 5.94. The summed E-state index contributed by atoms with van der Waals surface area (Å²) in [6, 6.07) is 10.3. The molecule has 0 spiro atoms. The molecule has 128 valence electrons. The molecule has 4 rings (SSSR count). The molecule has 1 fully saturated rings. The highest BCUT2D eigenvalue weighted by molar-refractivity contribution is 6.42. The lowest BCUT2D eigenvalue weighted by atomic mass is 10.2. The quantitative estimate of drug-likeness (QED) is 0.678. The number of nitrogens with one attached hydrogen (secondary N) is 2. The van der Waals surface area contributed by atoms with Gasteiger partial charge < -0.3 is 15.0 Å². The van der Waals surface area contributed by atoms with Gasteiger partial charge in [-0.15, -0.1) is 0 Å². The minimum absolute atomic E-state index is 0.0293. The van der Waals surface area contributed by atoms with E-state index in [-0.39, 0.29) is 12.0 Å². The number of fused-ring (bicyclic) bond motifs is 1. The third-order valence-corrected chi connectivity index (χ3v) is 4.91. The number of aromatic amines is 1. The summed E-state index contributed by atoms with van der Waals surface area (Å²) in [5, 5.41) is 3.62. The Labute approximate surface area is 154 Å². The van der Waals surface area contributed by atoms with E-state index in [4.69, 9.17) is 27.9 Å². The van der Waals surface area contributed by atoms with Gasteiger partial charge in [0.05, 0.1) is 21.1 Å². The van der Waals surface area contributed by atoms with Crippen molar-refractivity contribution in [3.8, 4) is 0 Å². The smallest absolute Gasteiger partial charge is 0.255 e. The number of rotatable bonds is 3. The van der Waals surface area contributed by atoms with Crippen LogP contribution in [-0.2, 0) is 4.74 Å². The predicted molar refractivity (Wildman–Crippen MR) is 98.4 cm³/mol. The molecule has 3 aromatic rings. The van der Waals surface area contributed by atoms with Crippen LogP contribution in [0.5, 0.6) is 0 Å². The Morgan fingerprint density at radius 2 is 2.08 bits per heavy atom. The van der Waals surface area contributed by atoms with Gasteiger partial charge in [0.15, 0.2) is 0 Å². The molecule has 1 aliphatic heterocycles. The number of aromatic nitrogens is 2. The number of carbonyl (C=O) groups is 1. The Morgan fingerprint density at radius 3 is 2.84 bits per heavy atom. The number of nitrogens with zero attached hydrogens (tertiary/aromatic N) is 1. The molecule has 2 aromatic carbocycles. The zero-order valence-electron chi connectivity index (χ0n) is 13.2. The Hall–Kier alpha value is -2.08. The van der Waals surface area contributed by atoms with Crippen molar-refractivity contribution < 1.29 is 9.53 Å². The number of ether oxygens (including phenoxy) is 1. The summed E-state index contributed by atoms with van der Waals surface area (Å²) in [7, 11) is 0. The van der Waals surface area contributed by atoms with Gasteiger partial charge in [-0.25, -0.2) is 4.98 Å². The highest BCUT2D eigenvalue weighted by atomic mass is 35.5. The summed E-state index contributed by atoms with van der Waals surface area (Å²) >= 11 is 11.8. The lowest BCUT2D eigenvalue weighted by molar-refractivity contribution is 0.102. The fraction of sp³-hybridized carbons (Fsp3) is 0.222. The molecule has 0 unspecified atom stereocenters. The molecule has 1 aromatic heterocycles. The number of halogens is 2. The van der Waals surface area contributed by atoms with Crippen LogP contribution < -0.4 is 5.32 Å². The summed E-state index contributed by atoms with van der Waals surface area (Å²) < 4.78 is 5.66. The average molecular weight is 376 g/mol. The number of hydrogen-bond acceptors (Lipinski definition) is 3. The first-order chi connectivity index (χ1) is 12.1. The fourth-order valence-corrected chi connectivity index (χ4v) is 3.19. The van der Waals surface area contributed by atoms with Gasteiger partial charge in [0.2, 0.25) is 0 Å². The third kappa shape index (κ3) is 3.35. The maximum Gasteiger partial charge on any atom is 0.255 e. The predicted octanol–water partition coefficient (Wildman–Crippen LogP) is 4.97. The van der Waals surface area contributed by atoms with Crippen molar-refractivity contribution >= 4 is 45.8 Å². The van der Waals surface area contributed by atoms with E-state index in [1.54, 1.807) is 18.2 Å². The van der Waals surface area contributed by atoms with Crippen LogP contribution in [0.1, 0.15) is 35.1 Å². The van der Waals surface area contributed by atoms with Crippen LogP contribution in [0, 0.1) is 0 Å². The summed E-state index contributed by atoms with van der Waals surface area (Å²) in [6.45, 7) is 0.771. The minimum Gasteiger partial charge on any atom is -0.370 e. The van der Waals surface area contributed by atoms with Crippen molar-refractivity contribution in [2.75, 3.05) is 11.9 Å². The molecule has 7 heteroatoms. The zero-order valence-corrected chi connectivity index (χ0v) is 14.7. The molecule has 2 heterocycles. The molecule has 0 radical (unpaired) electrons. The van der Waals surface area contributed by atoms with Crippen LogP contribution in [-0.4, -0.2) is 22.5 Å². The van der Waals surface area contributed by atoms with Gasteiger partial charge in [-0.1, -0.05) is 23.2 Å². The Kier molecular flexibility index (Phi) is 4.37. The van der Waals surface area contributed by atoms with Crippen LogP contribution in [0.15, 0.2) is 36.4 Å². The van der Waals surface area contributed by atoms with Crippen molar-refractivity contribution in [2.24, 2.45) is 0 Å². The molecular weight excluding hydrogens is 361 g/mol. The van der Waals surface area contributed by atoms with Gasteiger partial charge >= 0.3 is 0 Å². The third-order valence-electron chi connectivity index (χ3n) is 4.17. The Bertz CT molecular complexity index is 949. The second-order valence-corrected chi connectivity index (χ2v) is 6.75. The molecule has 0 saturated carbocycles. The van der Waals surface area contributed by atoms with Crippen molar-refractivity contribution in [1.82, 2.24) is 9.97 Å². The monoisotopic (exact) mass is 375 g/mol. The van der Waals surface area contributed by atoms with Gasteiger partial charge in [0, 0.05) is 17.9 Å². The Morgan fingerprint density at radius 1 is 1.20 bits per heavy atom. The molecular formula is C18H15Cl2N3O2. The van der Waals surface area contributed by atoms with E-state index >= 15 is 0 Å². The topological polar surface area (TPSA) is 67.0 Å². The molecule has 1 atom stereocenters. The summed E-state index contributed by atoms with van der Waals surface area (Å²) in [5.41, 5.74) is 2.82. The summed E-state index contributed by atoms with van der Waals surface area (Å²) in [4.78, 5) is 20.2. The lowest BCUT2D eigenvalue weighted by Gasteiger charge is -2.06. The van der Waals surface area contributed by atoms with Crippen LogP contribution in [0.4, 0.5) is 5.69 Å². The maximum absolute atomic E-state index is 12.4. The van der Waals surface area contributed by atoms with E-state index in [2.05, 4.69) is 15.3 Å². The van der Waals surface area contributed by atoms with Crippen LogP contribution >= 0.6 is 23.2 Å². The number of H-pyrrole nitrogens is 1. The largest absolute Gasteiger partial charge is 0.370 e. The van der Waals surface area contributed by atoms with Crippen molar-refractivity contribution in [1.29, 1.82) is 0 Å². The van der Waals surface area contributed by atoms with Gasteiger partial charge in [-0.2, -0.15) is 0 Å². The standard InChI is InChI=1S/C18H15Cl2N3O2/c19-12-5-3-10(8-13(12)20)18(24)21-11-4-6-14-15(9-11)23-17(22-14)16-2-1-7-25-16/h3-6,8-9,16H,1-2,7H2,(H,21,24)(H,22,23)/t16-/m1/s1. The minimum atomic E-state index is -0.253. The van der Waals surface area contributed by atoms with E-state index < -0.39 is 0 Å². The molecule has 1 saturated heterocycles. The highest BCUT2D eigenvalue weighted by Crippen LogP contribution is 2.29. The van der Waals surface area contributed by atoms with Gasteiger partial charge in [0.1, 0.15) is 11.9 Å². The molecule has 2 N–H and O–H groups in total. The summed E-state index contributed by atoms with van der Waals surface area (Å²) in [5.74, 6) is 0.581. The number of hydrogen-bond donors (Lipinski definition) is 2. The first kappa shape index (κ1) is 16.4. The first-order valence-electron chi connectivity index (χ1n) is 7.98. The van der Waals surface area contributed by atoms with Gasteiger partial charge in [-0.3, -0.25) is 4.79 Å². The number of amides is 1. The normalized spacial score (nSPS) is 17.1. The number of benzene rings is 2. The lowest BCUT2D eigenvalue weighted by Crippen LogP contribution is -2.11. The van der Waals surface area contributed by atoms with Crippen LogP contribution in [0.2, 0.25) is 10.0 Å². The van der Waals surface area contributed by atoms with E-state index in [1.807, 2.05) is 18.2 Å². The second kappa shape index (κ2) is 6.67. The molecule has 1 aliphatic rings. The highest BCUT2D eigenvalue weighted by Gasteiger charge is 2.21. The van der Waals surface area contributed by atoms with Crippen molar-refractivity contribution in [2.45, 2.75) is 18.9 Å². The Balaban J connectivity index is 1.56. The summed E-state index contributed by atoms with van der Waals surface area (Å²) in [6.07, 6.45) is 2.05. The van der Waals surface area contributed by atoms with E-state index in [0.717, 1.165) is 36.3 Å². The first-order valence-corrected chi connectivity index (χ1v) is 8.73. The van der Waals surface area contributed by atoms with E-state index in [9.17, 15) is 4.79 Å². The van der Waals surface area contributed by atoms with Crippen molar-refractivity contribution in [3.05, 3.63) is 57.8 Å². The average Bonchev–Trinajstić information content (AvgIpc) is 3.25. The number of carbonyl (C=O) groups excluding carboxylic acids is 1. The van der Waals surface area contributed by atoms with Gasteiger partial charge in [0.25, 0.3) is 5.91 Å². The molecule has 1 amide bonds. The molecule has 25 heavy (non-hydrogen) atoms. The van der Waals surface area contributed by atoms with E-state index in [1.165, 1.54) is 0 Å². The van der Waals surface area contributed by atoms with E-state index in [0.29, 0.717) is 21.3 Å². The zero-order chi connectivity index (χ0) is 17.4. The number of anilines is 1.